The number of amides is 1. The zero-order valence-electron chi connectivity index (χ0n) is 14.5. The van der Waals surface area contributed by atoms with Crippen molar-refractivity contribution in [1.29, 1.82) is 5.26 Å². The molecule has 1 aromatic heterocycles. The number of benzene rings is 1. The number of hydroxylamine groups is 1. The van der Waals surface area contributed by atoms with Crippen molar-refractivity contribution in [1.82, 2.24) is 4.47 Å². The van der Waals surface area contributed by atoms with Gasteiger partial charge in [0.2, 0.25) is 0 Å². The molecule has 10 heteroatoms. The van der Waals surface area contributed by atoms with Crippen LogP contribution in [0.5, 0.6) is 0 Å². The highest BCUT2D eigenvalue weighted by Gasteiger charge is 2.25. The summed E-state index contributed by atoms with van der Waals surface area (Å²) in [5, 5.41) is 12.3. The van der Waals surface area contributed by atoms with E-state index in [9.17, 15) is 18.5 Å². The third kappa shape index (κ3) is 3.75. The van der Waals surface area contributed by atoms with Crippen LogP contribution in [-0.4, -0.2) is 33.0 Å². The first-order valence-corrected chi connectivity index (χ1v) is 9.91. The Morgan fingerprint density at radius 3 is 2.62 bits per heavy atom. The molecule has 1 N–H and O–H groups in total. The van der Waals surface area contributed by atoms with Crippen LogP contribution in [-0.2, 0) is 14.9 Å². The second kappa shape index (κ2) is 7.73. The molecular weight excluding hydrogens is 398 g/mol. The summed E-state index contributed by atoms with van der Waals surface area (Å²) >= 11 is 7.27. The van der Waals surface area contributed by atoms with Crippen LogP contribution < -0.4 is 5.32 Å². The molecule has 1 amide bonds. The largest absolute Gasteiger partial charge is 0.312 e. The summed E-state index contributed by atoms with van der Waals surface area (Å²) < 4.78 is 25.5. The van der Waals surface area contributed by atoms with Crippen LogP contribution in [0.1, 0.15) is 26.4 Å². The third-order valence-corrected chi connectivity index (χ3v) is 7.08. The molecule has 0 bridgehead atoms. The van der Waals surface area contributed by atoms with Crippen LogP contribution in [0.2, 0.25) is 5.02 Å². The molecule has 0 atom stereocenters. The molecule has 26 heavy (non-hydrogen) atoms. The van der Waals surface area contributed by atoms with E-state index in [0.29, 0.717) is 15.0 Å². The minimum Gasteiger partial charge on any atom is -0.312 e. The minimum atomic E-state index is -4.01. The summed E-state index contributed by atoms with van der Waals surface area (Å²) in [6.45, 7) is 3.65. The van der Waals surface area contributed by atoms with Crippen molar-refractivity contribution in [3.63, 3.8) is 0 Å². The highest BCUT2D eigenvalue weighted by atomic mass is 35.5. The average Bonchev–Trinajstić information content (AvgIpc) is 2.87. The number of carbonyl (C=O) groups is 1. The molecule has 0 saturated carbocycles. The molecule has 138 valence electrons. The molecule has 1 aromatic carbocycles. The summed E-state index contributed by atoms with van der Waals surface area (Å²) in [5.74, 6) is -0.545. The maximum absolute atomic E-state index is 12.5. The van der Waals surface area contributed by atoms with Gasteiger partial charge in [0, 0.05) is 17.5 Å². The molecular formula is C16H16ClN3O4S2. The number of nitrogens with zero attached hydrogens (tertiary/aromatic N) is 2. The lowest BCUT2D eigenvalue weighted by Gasteiger charge is -2.15. The zero-order chi connectivity index (χ0) is 19.6. The van der Waals surface area contributed by atoms with E-state index < -0.39 is 15.9 Å². The van der Waals surface area contributed by atoms with E-state index in [-0.39, 0.29) is 15.5 Å². The highest BCUT2D eigenvalue weighted by molar-refractivity contribution is 7.89. The predicted molar refractivity (Wildman–Crippen MR) is 99.9 cm³/mol. The number of anilines is 1. The van der Waals surface area contributed by atoms with Crippen molar-refractivity contribution >= 4 is 43.9 Å². The van der Waals surface area contributed by atoms with Gasteiger partial charge in [-0.2, -0.15) is 5.26 Å². The number of nitrogens with one attached hydrogen (secondary N) is 1. The molecule has 0 fully saturated rings. The SMILES string of the molecule is CON(C)S(=O)(=O)c1cc(C(=O)Nc2sc(C)c(C)c2C#N)ccc1Cl. The lowest BCUT2D eigenvalue weighted by atomic mass is 10.1. The van der Waals surface area contributed by atoms with Gasteiger partial charge in [0.25, 0.3) is 15.9 Å². The normalized spacial score (nSPS) is 11.4. The molecule has 0 aliphatic rings. The van der Waals surface area contributed by atoms with Crippen molar-refractivity contribution in [2.24, 2.45) is 0 Å². The molecule has 0 unspecified atom stereocenters. The lowest BCUT2D eigenvalue weighted by molar-refractivity contribution is -0.0258. The van der Waals surface area contributed by atoms with Crippen molar-refractivity contribution < 1.29 is 18.0 Å². The van der Waals surface area contributed by atoms with Crippen LogP contribution in [0.3, 0.4) is 0 Å². The van der Waals surface area contributed by atoms with Gasteiger partial charge < -0.3 is 5.32 Å². The molecule has 0 aliphatic carbocycles. The van der Waals surface area contributed by atoms with Gasteiger partial charge in [0.05, 0.1) is 17.7 Å². The maximum Gasteiger partial charge on any atom is 0.266 e. The number of hydrogen-bond acceptors (Lipinski definition) is 6. The fraction of sp³-hybridized carbons (Fsp3) is 0.250. The van der Waals surface area contributed by atoms with Gasteiger partial charge in [0.1, 0.15) is 16.0 Å². The van der Waals surface area contributed by atoms with Crippen molar-refractivity contribution in [3.8, 4) is 6.07 Å². The fourth-order valence-corrected chi connectivity index (χ4v) is 4.58. The zero-order valence-corrected chi connectivity index (χ0v) is 16.8. The van der Waals surface area contributed by atoms with E-state index in [0.717, 1.165) is 10.4 Å². The minimum absolute atomic E-state index is 0.0361. The van der Waals surface area contributed by atoms with Gasteiger partial charge in [0.15, 0.2) is 0 Å². The van der Waals surface area contributed by atoms with Gasteiger partial charge in [-0.05, 0) is 37.6 Å². The van der Waals surface area contributed by atoms with Gasteiger partial charge in [-0.15, -0.1) is 11.3 Å². The quantitative estimate of drug-likeness (QED) is 0.758. The van der Waals surface area contributed by atoms with Crippen LogP contribution in [0.25, 0.3) is 0 Å². The summed E-state index contributed by atoms with van der Waals surface area (Å²) in [7, 11) is -1.60. The number of halogens is 1. The Kier molecular flexibility index (Phi) is 6.05. The molecule has 0 aliphatic heterocycles. The molecule has 0 radical (unpaired) electrons. The Morgan fingerprint density at radius 1 is 1.38 bits per heavy atom. The number of hydrogen-bond donors (Lipinski definition) is 1. The first-order valence-electron chi connectivity index (χ1n) is 7.27. The first-order chi connectivity index (χ1) is 12.1. The van der Waals surface area contributed by atoms with Gasteiger partial charge in [-0.25, -0.2) is 8.42 Å². The summed E-state index contributed by atoms with van der Waals surface area (Å²) in [6.07, 6.45) is 0. The van der Waals surface area contributed by atoms with Crippen LogP contribution in [0.15, 0.2) is 23.1 Å². The van der Waals surface area contributed by atoms with Crippen LogP contribution in [0, 0.1) is 25.2 Å². The van der Waals surface area contributed by atoms with Crippen LogP contribution >= 0.6 is 22.9 Å². The molecule has 7 nitrogen and oxygen atoms in total. The molecule has 2 aromatic rings. The molecule has 0 spiro atoms. The Bertz CT molecular complexity index is 1010. The smallest absolute Gasteiger partial charge is 0.266 e. The topological polar surface area (TPSA) is 99.5 Å². The van der Waals surface area contributed by atoms with E-state index in [4.69, 9.17) is 16.4 Å². The van der Waals surface area contributed by atoms with E-state index in [1.54, 1.807) is 6.92 Å². The van der Waals surface area contributed by atoms with E-state index >= 15 is 0 Å². The fourth-order valence-electron chi connectivity index (χ4n) is 2.10. The Hall–Kier alpha value is -1.96. The highest BCUT2D eigenvalue weighted by Crippen LogP contribution is 2.32. The summed E-state index contributed by atoms with van der Waals surface area (Å²) in [6, 6.07) is 5.96. The molecule has 1 heterocycles. The second-order valence-corrected chi connectivity index (χ2v) is 8.83. The predicted octanol–water partition coefficient (Wildman–Crippen LogP) is 3.32. The maximum atomic E-state index is 12.5. The Morgan fingerprint density at radius 2 is 2.04 bits per heavy atom. The Labute approximate surface area is 160 Å². The van der Waals surface area contributed by atoms with Gasteiger partial charge >= 0.3 is 0 Å². The van der Waals surface area contributed by atoms with E-state index in [1.165, 1.54) is 43.7 Å². The number of sulfonamides is 1. The number of aryl methyl sites for hydroxylation is 1. The van der Waals surface area contributed by atoms with E-state index in [2.05, 4.69) is 11.4 Å². The molecule has 2 rings (SSSR count). The third-order valence-electron chi connectivity index (χ3n) is 3.79. The monoisotopic (exact) mass is 413 g/mol. The van der Waals surface area contributed by atoms with Gasteiger partial charge in [-0.1, -0.05) is 16.1 Å². The number of nitriles is 1. The number of rotatable bonds is 5. The van der Waals surface area contributed by atoms with Crippen LogP contribution in [0.4, 0.5) is 5.00 Å². The Balaban J connectivity index is 2.42. The summed E-state index contributed by atoms with van der Waals surface area (Å²) in [5.41, 5.74) is 1.28. The van der Waals surface area contributed by atoms with Crippen molar-refractivity contribution in [3.05, 3.63) is 44.8 Å². The van der Waals surface area contributed by atoms with Crippen molar-refractivity contribution in [2.45, 2.75) is 18.7 Å². The van der Waals surface area contributed by atoms with Gasteiger partial charge in [-0.3, -0.25) is 9.63 Å². The summed E-state index contributed by atoms with van der Waals surface area (Å²) in [4.78, 5) is 17.9. The lowest BCUT2D eigenvalue weighted by Crippen LogP contribution is -2.26. The number of thiophene rings is 1. The second-order valence-electron chi connectivity index (χ2n) is 5.30. The first kappa shape index (κ1) is 20.4. The molecule has 0 saturated heterocycles. The average molecular weight is 414 g/mol. The van der Waals surface area contributed by atoms with E-state index in [1.807, 2.05) is 6.92 Å². The standard InChI is InChI=1S/C16H16ClN3O4S2/c1-9-10(2)25-16(12(9)8-18)19-15(21)11-5-6-13(17)14(7-11)26(22,23)20(3)24-4/h5-7H,1-4H3,(H,19,21). The number of carbonyl (C=O) groups excluding carboxylic acids is 1. The van der Waals surface area contributed by atoms with Crippen molar-refractivity contribution in [2.75, 3.05) is 19.5 Å².